The Labute approximate surface area is 133 Å². The number of hydrogen-bond donors (Lipinski definition) is 2. The number of guanidine groups is 1. The van der Waals surface area contributed by atoms with Gasteiger partial charge in [-0.2, -0.15) is 5.10 Å². The van der Waals surface area contributed by atoms with Crippen LogP contribution in [-0.2, 0) is 13.6 Å². The number of rotatable bonds is 4. The second kappa shape index (κ2) is 7.13. The van der Waals surface area contributed by atoms with E-state index in [4.69, 9.17) is 0 Å². The maximum atomic E-state index is 10.3. The van der Waals surface area contributed by atoms with E-state index in [1.54, 1.807) is 11.7 Å². The Balaban J connectivity index is 1.91. The number of aromatic nitrogens is 2. The molecule has 124 valence electrons. The van der Waals surface area contributed by atoms with E-state index in [1.165, 1.54) is 6.42 Å². The van der Waals surface area contributed by atoms with Crippen LogP contribution >= 0.6 is 0 Å². The molecule has 0 spiro atoms. The van der Waals surface area contributed by atoms with E-state index in [0.29, 0.717) is 0 Å². The van der Waals surface area contributed by atoms with Crippen LogP contribution in [0.1, 0.15) is 38.2 Å². The fourth-order valence-corrected chi connectivity index (χ4v) is 3.16. The Kier molecular flexibility index (Phi) is 5.45. The SMILES string of the molecule is CN=C(NCC1(C)CCCCC1O)N(C)Cc1cnn(C)c1. The molecule has 1 saturated carbocycles. The zero-order valence-electron chi connectivity index (χ0n) is 14.2. The Morgan fingerprint density at radius 1 is 1.59 bits per heavy atom. The third kappa shape index (κ3) is 4.00. The van der Waals surface area contributed by atoms with Crippen LogP contribution in [-0.4, -0.2) is 52.5 Å². The highest BCUT2D eigenvalue weighted by atomic mass is 16.3. The zero-order chi connectivity index (χ0) is 16.2. The molecule has 1 aromatic heterocycles. The molecule has 0 aliphatic heterocycles. The van der Waals surface area contributed by atoms with Crippen molar-refractivity contribution in [1.82, 2.24) is 20.0 Å². The van der Waals surface area contributed by atoms with Gasteiger partial charge >= 0.3 is 0 Å². The molecule has 22 heavy (non-hydrogen) atoms. The summed E-state index contributed by atoms with van der Waals surface area (Å²) in [6.45, 7) is 3.67. The largest absolute Gasteiger partial charge is 0.392 e. The lowest BCUT2D eigenvalue weighted by Gasteiger charge is -2.39. The van der Waals surface area contributed by atoms with Crippen molar-refractivity contribution in [2.24, 2.45) is 17.5 Å². The smallest absolute Gasteiger partial charge is 0.193 e. The van der Waals surface area contributed by atoms with Gasteiger partial charge in [-0.25, -0.2) is 0 Å². The molecule has 6 heteroatoms. The van der Waals surface area contributed by atoms with Gasteiger partial charge in [0.25, 0.3) is 0 Å². The second-order valence-corrected chi connectivity index (χ2v) is 6.69. The van der Waals surface area contributed by atoms with Crippen LogP contribution in [0.15, 0.2) is 17.4 Å². The topological polar surface area (TPSA) is 65.7 Å². The highest BCUT2D eigenvalue weighted by Crippen LogP contribution is 2.35. The molecule has 1 aliphatic carbocycles. The van der Waals surface area contributed by atoms with E-state index < -0.39 is 0 Å². The van der Waals surface area contributed by atoms with Gasteiger partial charge in [-0.05, 0) is 12.8 Å². The fraction of sp³-hybridized carbons (Fsp3) is 0.750. The molecule has 1 heterocycles. The Morgan fingerprint density at radius 3 is 2.95 bits per heavy atom. The summed E-state index contributed by atoms with van der Waals surface area (Å²) in [7, 11) is 5.73. The molecule has 0 saturated heterocycles. The third-order valence-electron chi connectivity index (χ3n) is 4.68. The van der Waals surface area contributed by atoms with Crippen molar-refractivity contribution in [2.75, 3.05) is 20.6 Å². The fourth-order valence-electron chi connectivity index (χ4n) is 3.16. The van der Waals surface area contributed by atoms with Crippen LogP contribution in [0, 0.1) is 5.41 Å². The average Bonchev–Trinajstić information content (AvgIpc) is 2.88. The number of aliphatic hydroxyl groups excluding tert-OH is 1. The number of aryl methyl sites for hydroxylation is 1. The van der Waals surface area contributed by atoms with Crippen LogP contribution in [0.5, 0.6) is 0 Å². The lowest BCUT2D eigenvalue weighted by atomic mass is 9.73. The summed E-state index contributed by atoms with van der Waals surface area (Å²) in [5.74, 6) is 0.850. The normalized spacial score (nSPS) is 26.0. The number of nitrogens with zero attached hydrogens (tertiary/aromatic N) is 4. The standard InChI is InChI=1S/C16H29N5O/c1-16(8-6-5-7-14(16)22)12-18-15(17-2)20(3)10-13-9-19-21(4)11-13/h9,11,14,22H,5-8,10,12H2,1-4H3,(H,17,18). The lowest BCUT2D eigenvalue weighted by molar-refractivity contribution is 0.00369. The summed E-state index contributed by atoms with van der Waals surface area (Å²) < 4.78 is 1.80. The van der Waals surface area contributed by atoms with E-state index in [0.717, 1.165) is 43.9 Å². The Morgan fingerprint density at radius 2 is 2.36 bits per heavy atom. The quantitative estimate of drug-likeness (QED) is 0.651. The number of hydrogen-bond acceptors (Lipinski definition) is 3. The van der Waals surface area contributed by atoms with Crippen molar-refractivity contribution in [3.05, 3.63) is 18.0 Å². The van der Waals surface area contributed by atoms with E-state index in [9.17, 15) is 5.11 Å². The lowest BCUT2D eigenvalue weighted by Crippen LogP contribution is -2.48. The minimum atomic E-state index is -0.226. The van der Waals surface area contributed by atoms with Gasteiger partial charge in [0.2, 0.25) is 0 Å². The van der Waals surface area contributed by atoms with Crippen LogP contribution < -0.4 is 5.32 Å². The second-order valence-electron chi connectivity index (χ2n) is 6.69. The van der Waals surface area contributed by atoms with Crippen molar-refractivity contribution in [3.63, 3.8) is 0 Å². The average molecular weight is 307 g/mol. The zero-order valence-corrected chi connectivity index (χ0v) is 14.2. The molecule has 2 atom stereocenters. The number of aliphatic imine (C=N–C) groups is 1. The minimum absolute atomic E-state index is 0.0661. The predicted octanol–water partition coefficient (Wildman–Crippen LogP) is 1.37. The van der Waals surface area contributed by atoms with Crippen LogP contribution in [0.4, 0.5) is 0 Å². The number of nitrogens with one attached hydrogen (secondary N) is 1. The first-order valence-corrected chi connectivity index (χ1v) is 8.02. The summed E-state index contributed by atoms with van der Waals surface area (Å²) in [4.78, 5) is 6.43. The molecule has 2 unspecified atom stereocenters. The summed E-state index contributed by atoms with van der Waals surface area (Å²) in [6.07, 6.45) is 7.94. The highest BCUT2D eigenvalue weighted by molar-refractivity contribution is 5.79. The van der Waals surface area contributed by atoms with Gasteiger partial charge in [0.05, 0.1) is 12.3 Å². The predicted molar refractivity (Wildman–Crippen MR) is 88.6 cm³/mol. The summed E-state index contributed by atoms with van der Waals surface area (Å²) >= 11 is 0. The molecule has 1 aliphatic rings. The molecular weight excluding hydrogens is 278 g/mol. The van der Waals surface area contributed by atoms with E-state index in [2.05, 4.69) is 27.2 Å². The van der Waals surface area contributed by atoms with Gasteiger partial charge in [-0.15, -0.1) is 0 Å². The Hall–Kier alpha value is -1.56. The van der Waals surface area contributed by atoms with Crippen molar-refractivity contribution < 1.29 is 5.11 Å². The van der Waals surface area contributed by atoms with Crippen LogP contribution in [0.2, 0.25) is 0 Å². The van der Waals surface area contributed by atoms with E-state index in [1.807, 2.05) is 26.5 Å². The summed E-state index contributed by atoms with van der Waals surface area (Å²) in [5.41, 5.74) is 1.08. The van der Waals surface area contributed by atoms with Gasteiger partial charge in [0, 0.05) is 51.4 Å². The van der Waals surface area contributed by atoms with Gasteiger partial charge in [0.15, 0.2) is 5.96 Å². The summed E-state index contributed by atoms with van der Waals surface area (Å²) in [6, 6.07) is 0. The van der Waals surface area contributed by atoms with Gasteiger partial charge in [-0.1, -0.05) is 19.8 Å². The third-order valence-corrected chi connectivity index (χ3v) is 4.68. The van der Waals surface area contributed by atoms with Crippen molar-refractivity contribution in [1.29, 1.82) is 0 Å². The first kappa shape index (κ1) is 16.8. The first-order chi connectivity index (χ1) is 10.4. The molecule has 2 N–H and O–H groups in total. The molecule has 1 fully saturated rings. The Bertz CT molecular complexity index is 512. The molecule has 0 bridgehead atoms. The van der Waals surface area contributed by atoms with Crippen LogP contribution in [0.3, 0.4) is 0 Å². The minimum Gasteiger partial charge on any atom is -0.392 e. The molecule has 0 amide bonds. The maximum absolute atomic E-state index is 10.3. The monoisotopic (exact) mass is 307 g/mol. The van der Waals surface area contributed by atoms with Gasteiger partial charge < -0.3 is 15.3 Å². The van der Waals surface area contributed by atoms with Crippen molar-refractivity contribution >= 4 is 5.96 Å². The molecule has 1 aromatic rings. The van der Waals surface area contributed by atoms with Gasteiger partial charge in [-0.3, -0.25) is 9.67 Å². The summed E-state index contributed by atoms with van der Waals surface area (Å²) in [5, 5.41) is 17.9. The van der Waals surface area contributed by atoms with E-state index >= 15 is 0 Å². The molecule has 6 nitrogen and oxygen atoms in total. The molecule has 2 rings (SSSR count). The van der Waals surface area contributed by atoms with Crippen molar-refractivity contribution in [3.8, 4) is 0 Å². The van der Waals surface area contributed by atoms with Gasteiger partial charge in [0.1, 0.15) is 0 Å². The molecular formula is C16H29N5O. The highest BCUT2D eigenvalue weighted by Gasteiger charge is 2.35. The molecule has 0 aromatic carbocycles. The maximum Gasteiger partial charge on any atom is 0.193 e. The number of aliphatic hydroxyl groups is 1. The van der Waals surface area contributed by atoms with E-state index in [-0.39, 0.29) is 11.5 Å². The van der Waals surface area contributed by atoms with Crippen molar-refractivity contribution in [2.45, 2.75) is 45.3 Å². The first-order valence-electron chi connectivity index (χ1n) is 8.02. The van der Waals surface area contributed by atoms with Crippen LogP contribution in [0.25, 0.3) is 0 Å². The molecule has 0 radical (unpaired) electrons.